The second-order valence-electron chi connectivity index (χ2n) is 5.11. The van der Waals surface area contributed by atoms with Gasteiger partial charge in [-0.05, 0) is 24.8 Å². The number of amides is 1. The lowest BCUT2D eigenvalue weighted by Gasteiger charge is -2.17. The first-order valence-corrected chi connectivity index (χ1v) is 6.48. The number of hydrogen-bond donors (Lipinski definition) is 2. The Kier molecular flexibility index (Phi) is 5.55. The molecular weight excluding hydrogens is 242 g/mol. The van der Waals surface area contributed by atoms with Crippen molar-refractivity contribution in [2.24, 2.45) is 5.92 Å². The Morgan fingerprint density at radius 3 is 2.26 bits per heavy atom. The molecule has 0 aliphatic heterocycles. The fraction of sp³-hybridized carbons (Fsp3) is 0.467. The van der Waals surface area contributed by atoms with Crippen LogP contribution >= 0.6 is 0 Å². The molecule has 0 saturated carbocycles. The summed E-state index contributed by atoms with van der Waals surface area (Å²) in [7, 11) is 0. The van der Waals surface area contributed by atoms with Gasteiger partial charge in [0.25, 0.3) is 0 Å². The molecule has 19 heavy (non-hydrogen) atoms. The van der Waals surface area contributed by atoms with Crippen molar-refractivity contribution in [3.8, 4) is 0 Å². The second kappa shape index (κ2) is 6.92. The Hall–Kier alpha value is -1.84. The number of carboxylic acid groups (broad SMARTS) is 1. The molecule has 1 aromatic carbocycles. The van der Waals surface area contributed by atoms with E-state index in [0.29, 0.717) is 12.8 Å². The monoisotopic (exact) mass is 263 g/mol. The molecule has 4 nitrogen and oxygen atoms in total. The van der Waals surface area contributed by atoms with Crippen LogP contribution in [0.1, 0.15) is 31.4 Å². The maximum atomic E-state index is 11.7. The highest BCUT2D eigenvalue weighted by atomic mass is 16.4. The Morgan fingerprint density at radius 1 is 1.21 bits per heavy atom. The largest absolute Gasteiger partial charge is 0.480 e. The molecule has 4 heteroatoms. The SMILES string of the molecule is Cc1ccc(CCC(=O)NC(C(=O)O)C(C)C)cc1. The van der Waals surface area contributed by atoms with Gasteiger partial charge in [0.2, 0.25) is 5.91 Å². The van der Waals surface area contributed by atoms with Crippen LogP contribution in [0.15, 0.2) is 24.3 Å². The summed E-state index contributed by atoms with van der Waals surface area (Å²) in [4.78, 5) is 22.7. The molecule has 0 aromatic heterocycles. The van der Waals surface area contributed by atoms with E-state index >= 15 is 0 Å². The second-order valence-corrected chi connectivity index (χ2v) is 5.11. The number of carbonyl (C=O) groups excluding carboxylic acids is 1. The van der Waals surface area contributed by atoms with Crippen molar-refractivity contribution in [3.63, 3.8) is 0 Å². The minimum absolute atomic E-state index is 0.124. The molecular formula is C15H21NO3. The molecule has 0 spiro atoms. The molecule has 0 radical (unpaired) electrons. The summed E-state index contributed by atoms with van der Waals surface area (Å²) >= 11 is 0. The van der Waals surface area contributed by atoms with Crippen LogP contribution < -0.4 is 5.32 Å². The van der Waals surface area contributed by atoms with E-state index in [1.807, 2.05) is 31.2 Å². The van der Waals surface area contributed by atoms with Crippen molar-refractivity contribution in [3.05, 3.63) is 35.4 Å². The van der Waals surface area contributed by atoms with Crippen LogP contribution in [0, 0.1) is 12.8 Å². The molecule has 1 atom stereocenters. The lowest BCUT2D eigenvalue weighted by Crippen LogP contribution is -2.44. The lowest BCUT2D eigenvalue weighted by atomic mass is 10.0. The van der Waals surface area contributed by atoms with E-state index in [1.54, 1.807) is 13.8 Å². The Bertz CT molecular complexity index is 437. The van der Waals surface area contributed by atoms with Crippen molar-refractivity contribution in [1.29, 1.82) is 0 Å². The van der Waals surface area contributed by atoms with Crippen molar-refractivity contribution >= 4 is 11.9 Å². The smallest absolute Gasteiger partial charge is 0.326 e. The van der Waals surface area contributed by atoms with E-state index in [-0.39, 0.29) is 11.8 Å². The predicted octanol–water partition coefficient (Wildman–Crippen LogP) is 2.15. The summed E-state index contributed by atoms with van der Waals surface area (Å²) in [5.41, 5.74) is 2.26. The molecule has 0 aliphatic carbocycles. The third-order valence-electron chi connectivity index (χ3n) is 3.01. The van der Waals surface area contributed by atoms with Crippen molar-refractivity contribution in [2.45, 2.75) is 39.7 Å². The number of benzene rings is 1. The molecule has 1 aromatic rings. The van der Waals surface area contributed by atoms with Gasteiger partial charge in [-0.15, -0.1) is 0 Å². The summed E-state index contributed by atoms with van der Waals surface area (Å²) in [5, 5.41) is 11.6. The number of nitrogens with one attached hydrogen (secondary N) is 1. The van der Waals surface area contributed by atoms with E-state index in [2.05, 4.69) is 5.32 Å². The van der Waals surface area contributed by atoms with Gasteiger partial charge < -0.3 is 10.4 Å². The Balaban J connectivity index is 2.47. The van der Waals surface area contributed by atoms with Gasteiger partial charge in [0.15, 0.2) is 0 Å². The zero-order valence-corrected chi connectivity index (χ0v) is 11.6. The maximum Gasteiger partial charge on any atom is 0.326 e. The minimum atomic E-state index is -0.987. The zero-order valence-electron chi connectivity index (χ0n) is 11.6. The molecule has 0 aliphatic rings. The summed E-state index contributed by atoms with van der Waals surface area (Å²) in [6.45, 7) is 5.56. The molecule has 0 heterocycles. The van der Waals surface area contributed by atoms with Crippen LogP contribution in [0.3, 0.4) is 0 Å². The van der Waals surface area contributed by atoms with E-state index in [0.717, 1.165) is 5.56 Å². The minimum Gasteiger partial charge on any atom is -0.480 e. The number of hydrogen-bond acceptors (Lipinski definition) is 2. The molecule has 1 amide bonds. The van der Waals surface area contributed by atoms with Crippen LogP contribution in [-0.4, -0.2) is 23.0 Å². The summed E-state index contributed by atoms with van der Waals surface area (Å²) < 4.78 is 0. The van der Waals surface area contributed by atoms with Crippen molar-refractivity contribution < 1.29 is 14.7 Å². The van der Waals surface area contributed by atoms with Gasteiger partial charge in [0, 0.05) is 6.42 Å². The fourth-order valence-corrected chi connectivity index (χ4v) is 1.77. The molecule has 1 unspecified atom stereocenters. The molecule has 104 valence electrons. The van der Waals surface area contributed by atoms with Gasteiger partial charge in [-0.25, -0.2) is 4.79 Å². The predicted molar refractivity (Wildman–Crippen MR) is 73.9 cm³/mol. The first kappa shape index (κ1) is 15.2. The molecule has 1 rings (SSSR count). The molecule has 0 saturated heterocycles. The average Bonchev–Trinajstić information content (AvgIpc) is 2.34. The first-order valence-electron chi connectivity index (χ1n) is 6.48. The van der Waals surface area contributed by atoms with Crippen LogP contribution in [0.5, 0.6) is 0 Å². The quantitative estimate of drug-likeness (QED) is 0.826. The van der Waals surface area contributed by atoms with Gasteiger partial charge in [-0.3, -0.25) is 4.79 Å². The topological polar surface area (TPSA) is 66.4 Å². The van der Waals surface area contributed by atoms with Gasteiger partial charge in [0.1, 0.15) is 6.04 Å². The van der Waals surface area contributed by atoms with Crippen molar-refractivity contribution in [1.82, 2.24) is 5.32 Å². The van der Waals surface area contributed by atoms with E-state index < -0.39 is 12.0 Å². The number of aryl methyl sites for hydroxylation is 2. The lowest BCUT2D eigenvalue weighted by molar-refractivity contribution is -0.143. The van der Waals surface area contributed by atoms with Crippen LogP contribution in [-0.2, 0) is 16.0 Å². The third-order valence-corrected chi connectivity index (χ3v) is 3.01. The highest BCUT2D eigenvalue weighted by molar-refractivity contribution is 5.83. The van der Waals surface area contributed by atoms with E-state index in [4.69, 9.17) is 5.11 Å². The Labute approximate surface area is 113 Å². The van der Waals surface area contributed by atoms with Crippen LogP contribution in [0.2, 0.25) is 0 Å². The first-order chi connectivity index (χ1) is 8.90. The summed E-state index contributed by atoms with van der Waals surface area (Å²) in [5.74, 6) is -1.33. The number of carbonyl (C=O) groups is 2. The third kappa shape index (κ3) is 5.12. The van der Waals surface area contributed by atoms with Crippen molar-refractivity contribution in [2.75, 3.05) is 0 Å². The molecule has 2 N–H and O–H groups in total. The van der Waals surface area contributed by atoms with E-state index in [1.165, 1.54) is 5.56 Å². The average molecular weight is 263 g/mol. The molecule has 0 fully saturated rings. The van der Waals surface area contributed by atoms with Gasteiger partial charge in [-0.1, -0.05) is 43.7 Å². The molecule has 0 bridgehead atoms. The number of rotatable bonds is 6. The highest BCUT2D eigenvalue weighted by Gasteiger charge is 2.22. The standard InChI is InChI=1S/C15H21NO3/c1-10(2)14(15(18)19)16-13(17)9-8-12-6-4-11(3)5-7-12/h4-7,10,14H,8-9H2,1-3H3,(H,16,17)(H,18,19). The van der Waals surface area contributed by atoms with Crippen LogP contribution in [0.4, 0.5) is 0 Å². The maximum absolute atomic E-state index is 11.7. The van der Waals surface area contributed by atoms with Gasteiger partial charge in [0.05, 0.1) is 0 Å². The normalized spacial score (nSPS) is 12.2. The Morgan fingerprint density at radius 2 is 1.79 bits per heavy atom. The highest BCUT2D eigenvalue weighted by Crippen LogP contribution is 2.07. The van der Waals surface area contributed by atoms with E-state index in [9.17, 15) is 9.59 Å². The summed E-state index contributed by atoms with van der Waals surface area (Å²) in [6.07, 6.45) is 0.927. The van der Waals surface area contributed by atoms with Gasteiger partial charge >= 0.3 is 5.97 Å². The number of carboxylic acids is 1. The number of aliphatic carboxylic acids is 1. The zero-order chi connectivity index (χ0) is 14.4. The summed E-state index contributed by atoms with van der Waals surface area (Å²) in [6, 6.07) is 7.16. The van der Waals surface area contributed by atoms with Crippen LogP contribution in [0.25, 0.3) is 0 Å². The fourth-order valence-electron chi connectivity index (χ4n) is 1.77. The van der Waals surface area contributed by atoms with Gasteiger partial charge in [-0.2, -0.15) is 0 Å².